The second-order valence-electron chi connectivity index (χ2n) is 6.21. The van der Waals surface area contributed by atoms with E-state index < -0.39 is 17.9 Å². The van der Waals surface area contributed by atoms with Crippen LogP contribution in [0.2, 0.25) is 0 Å². The smallest absolute Gasteiger partial charge is 0.0267 e. The Morgan fingerprint density at radius 2 is 1.00 bits per heavy atom. The van der Waals surface area contributed by atoms with Crippen LogP contribution < -0.4 is 0 Å². The molecule has 121 valence electrons. The molecule has 0 saturated heterocycles. The Hall–Kier alpha value is -0.588. The molecule has 3 nitrogen and oxygen atoms in total. The van der Waals surface area contributed by atoms with E-state index in [1.54, 1.807) is 12.4 Å². The van der Waals surface area contributed by atoms with E-state index >= 15 is 0 Å². The average molecular weight is 455 g/mol. The summed E-state index contributed by atoms with van der Waals surface area (Å²) in [7, 11) is 0. The molecular formula is C16H30NO2Re-3. The quantitative estimate of drug-likeness (QED) is 0.517. The van der Waals surface area contributed by atoms with Crippen LogP contribution in [0.15, 0.2) is 30.6 Å². The van der Waals surface area contributed by atoms with Crippen LogP contribution in [-0.2, 0) is 24.8 Å². The minimum atomic E-state index is -2.17. The molecule has 1 aromatic rings. The molecule has 0 saturated carbocycles. The van der Waals surface area contributed by atoms with Gasteiger partial charge in [0.05, 0.1) is 0 Å². The van der Waals surface area contributed by atoms with Crippen LogP contribution in [0.1, 0.15) is 41.5 Å². The van der Waals surface area contributed by atoms with Crippen LogP contribution in [0, 0.1) is 32.1 Å². The SMILES string of the molecule is [CH2-]C(C)(C)C.[CH2-]C(C)(C)C.[CH3-].[O]=[Re]=[O].c1ccncc1. The first-order valence-corrected chi connectivity index (χ1v) is 8.08. The van der Waals surface area contributed by atoms with Crippen LogP contribution in [0.5, 0.6) is 0 Å². The van der Waals surface area contributed by atoms with Gasteiger partial charge in [-0.25, -0.2) is 0 Å². The van der Waals surface area contributed by atoms with Crippen molar-refractivity contribution in [3.8, 4) is 0 Å². The largest absolute Gasteiger partial charge is 0.265 e. The third-order valence-electron chi connectivity index (χ3n) is 0.566. The molecule has 0 aliphatic rings. The molecule has 0 spiro atoms. The molecule has 0 unspecified atom stereocenters. The molecule has 20 heavy (non-hydrogen) atoms. The van der Waals surface area contributed by atoms with Crippen molar-refractivity contribution in [3.63, 3.8) is 0 Å². The van der Waals surface area contributed by atoms with Gasteiger partial charge < -0.3 is 21.3 Å². The molecule has 0 radical (unpaired) electrons. The third-order valence-corrected chi connectivity index (χ3v) is 0.566. The maximum absolute atomic E-state index is 8.53. The number of aromatic nitrogens is 1. The van der Waals surface area contributed by atoms with E-state index in [0.29, 0.717) is 0 Å². The fraction of sp³-hybridized carbons (Fsp3) is 0.500. The maximum atomic E-state index is 8.53. The van der Waals surface area contributed by atoms with Gasteiger partial charge in [0.1, 0.15) is 0 Å². The molecule has 0 bridgehead atoms. The first-order chi connectivity index (χ1) is 8.41. The van der Waals surface area contributed by atoms with Crippen molar-refractivity contribution >= 4 is 0 Å². The van der Waals surface area contributed by atoms with Crippen LogP contribution >= 0.6 is 0 Å². The van der Waals surface area contributed by atoms with E-state index in [1.807, 2.05) is 18.2 Å². The summed E-state index contributed by atoms with van der Waals surface area (Å²) >= 11 is -2.17. The van der Waals surface area contributed by atoms with Gasteiger partial charge in [0.2, 0.25) is 0 Å². The van der Waals surface area contributed by atoms with Crippen molar-refractivity contribution in [1.82, 2.24) is 4.98 Å². The molecule has 1 aromatic heterocycles. The summed E-state index contributed by atoms with van der Waals surface area (Å²) in [5.74, 6) is 0. The zero-order valence-corrected chi connectivity index (χ0v) is 16.7. The number of pyridine rings is 1. The Labute approximate surface area is 134 Å². The Balaban J connectivity index is -0.0000000864. The number of hydrogen-bond donors (Lipinski definition) is 0. The maximum Gasteiger partial charge on any atom is 0.0267 e. The number of nitrogens with zero attached hydrogens (tertiary/aromatic N) is 1. The van der Waals surface area contributed by atoms with E-state index in [9.17, 15) is 0 Å². The molecule has 0 atom stereocenters. The first kappa shape index (κ1) is 27.7. The van der Waals surface area contributed by atoms with Gasteiger partial charge in [-0.1, -0.05) is 47.6 Å². The van der Waals surface area contributed by atoms with Crippen molar-refractivity contribution in [2.45, 2.75) is 41.5 Å². The molecule has 0 amide bonds. The topological polar surface area (TPSA) is 47.0 Å². The summed E-state index contributed by atoms with van der Waals surface area (Å²) in [6.07, 6.45) is 3.50. The molecule has 1 heterocycles. The van der Waals surface area contributed by atoms with Crippen molar-refractivity contribution in [3.05, 3.63) is 51.9 Å². The second kappa shape index (κ2) is 16.5. The van der Waals surface area contributed by atoms with Crippen molar-refractivity contribution in [2.24, 2.45) is 10.8 Å². The van der Waals surface area contributed by atoms with E-state index in [4.69, 9.17) is 6.94 Å². The van der Waals surface area contributed by atoms with Crippen LogP contribution in [0.3, 0.4) is 0 Å². The Morgan fingerprint density at radius 3 is 1.05 bits per heavy atom. The van der Waals surface area contributed by atoms with Gasteiger partial charge in [-0.05, 0) is 12.1 Å². The summed E-state index contributed by atoms with van der Waals surface area (Å²) in [5.41, 5.74) is 0.500. The van der Waals surface area contributed by atoms with E-state index in [-0.39, 0.29) is 18.3 Å². The van der Waals surface area contributed by atoms with Crippen LogP contribution in [-0.4, -0.2) is 4.98 Å². The fourth-order valence-corrected chi connectivity index (χ4v) is 0.313. The molecule has 1 rings (SSSR count). The molecule has 4 heteroatoms. The Kier molecular flexibility index (Phi) is 22.8. The minimum absolute atomic E-state index is 0. The molecule has 0 aliphatic heterocycles. The molecule has 0 N–H and O–H groups in total. The van der Waals surface area contributed by atoms with E-state index in [1.165, 1.54) is 0 Å². The predicted octanol–water partition coefficient (Wildman–Crippen LogP) is 5.02. The van der Waals surface area contributed by atoms with E-state index in [2.05, 4.69) is 60.4 Å². The monoisotopic (exact) mass is 455 g/mol. The summed E-state index contributed by atoms with van der Waals surface area (Å²) in [4.78, 5) is 3.78. The summed E-state index contributed by atoms with van der Waals surface area (Å²) in [6, 6.07) is 5.72. The van der Waals surface area contributed by atoms with Crippen molar-refractivity contribution in [1.29, 1.82) is 0 Å². The fourth-order valence-electron chi connectivity index (χ4n) is 0.313. The van der Waals surface area contributed by atoms with Gasteiger partial charge in [0, 0.05) is 12.4 Å². The zero-order chi connectivity index (χ0) is 15.9. The third kappa shape index (κ3) is 160. The molecular weight excluding hydrogens is 424 g/mol. The van der Waals surface area contributed by atoms with Gasteiger partial charge in [0.15, 0.2) is 0 Å². The summed E-state index contributed by atoms with van der Waals surface area (Å²) in [6.45, 7) is 20.0. The summed E-state index contributed by atoms with van der Waals surface area (Å²) in [5, 5.41) is 0. The molecule has 0 fully saturated rings. The normalized spacial score (nSPS) is 9.00. The van der Waals surface area contributed by atoms with Gasteiger partial charge in [-0.15, -0.1) is 0 Å². The standard InChI is InChI=1S/C5H5N.2C5H11.CH3.2O.Re/c1-2-4-6-5-3-1;2*1-5(2,3)4;;;;/h1-5H;2*1H2,2-4H3;1H3;;;/q;3*-1;;;. The van der Waals surface area contributed by atoms with Crippen LogP contribution in [0.4, 0.5) is 0 Å². The van der Waals surface area contributed by atoms with Gasteiger partial charge in [-0.3, -0.25) is 4.98 Å². The second-order valence-corrected chi connectivity index (χ2v) is 6.66. The molecule has 0 aliphatic carbocycles. The molecule has 0 aromatic carbocycles. The number of hydrogen-bond acceptors (Lipinski definition) is 3. The van der Waals surface area contributed by atoms with Crippen molar-refractivity contribution < 1.29 is 24.8 Å². The zero-order valence-electron chi connectivity index (χ0n) is 13.9. The van der Waals surface area contributed by atoms with Gasteiger partial charge in [-0.2, -0.15) is 10.8 Å². The Morgan fingerprint density at radius 1 is 0.800 bits per heavy atom. The van der Waals surface area contributed by atoms with Crippen molar-refractivity contribution in [2.75, 3.05) is 0 Å². The Bertz CT molecular complexity index is 257. The summed E-state index contributed by atoms with van der Waals surface area (Å²) < 4.78 is 17.1. The van der Waals surface area contributed by atoms with Gasteiger partial charge in [0.25, 0.3) is 0 Å². The van der Waals surface area contributed by atoms with E-state index in [0.717, 1.165) is 0 Å². The first-order valence-electron chi connectivity index (χ1n) is 5.87. The average Bonchev–Trinajstić information content (AvgIpc) is 2.16. The van der Waals surface area contributed by atoms with Gasteiger partial charge >= 0.3 is 24.8 Å². The van der Waals surface area contributed by atoms with Crippen LogP contribution in [0.25, 0.3) is 0 Å². The minimum Gasteiger partial charge on any atom is -0.265 e. The predicted molar refractivity (Wildman–Crippen MR) is 81.6 cm³/mol. The number of rotatable bonds is 0.